The maximum Gasteiger partial charge on any atom is 0.234 e. The summed E-state index contributed by atoms with van der Waals surface area (Å²) in [4.78, 5) is 14.8. The topological polar surface area (TPSA) is 56.0 Å². The minimum Gasteiger partial charge on any atom is -0.338 e. The average Bonchev–Trinajstić information content (AvgIpc) is 2.66. The Labute approximate surface area is 91.1 Å². The van der Waals surface area contributed by atoms with Crippen molar-refractivity contribution in [2.24, 2.45) is 0 Å². The summed E-state index contributed by atoms with van der Waals surface area (Å²) >= 11 is 0. The highest BCUT2D eigenvalue weighted by atomic mass is 19.1. The number of halogens is 1. The van der Waals surface area contributed by atoms with Gasteiger partial charge in [0.15, 0.2) is 0 Å². The van der Waals surface area contributed by atoms with Gasteiger partial charge in [-0.1, -0.05) is 17.3 Å². The number of benzene rings is 1. The molecule has 0 fully saturated rings. The van der Waals surface area contributed by atoms with Crippen LogP contribution >= 0.6 is 0 Å². The van der Waals surface area contributed by atoms with E-state index in [1.165, 1.54) is 13.0 Å². The number of hydrogen-bond acceptors (Lipinski definition) is 4. The van der Waals surface area contributed by atoms with E-state index < -0.39 is 5.82 Å². The lowest BCUT2D eigenvalue weighted by atomic mass is 10.2. The van der Waals surface area contributed by atoms with Crippen LogP contribution in [0.1, 0.15) is 12.8 Å². The molecular formula is C11H9FN2O2. The Balaban J connectivity index is 2.32. The zero-order valence-corrected chi connectivity index (χ0v) is 8.61. The van der Waals surface area contributed by atoms with Crippen LogP contribution in [0, 0.1) is 5.82 Å². The van der Waals surface area contributed by atoms with Gasteiger partial charge in [-0.25, -0.2) is 4.39 Å². The molecule has 0 amide bonds. The molecule has 1 aromatic carbocycles. The van der Waals surface area contributed by atoms with Crippen molar-refractivity contribution >= 4 is 5.78 Å². The predicted molar refractivity (Wildman–Crippen MR) is 54.1 cm³/mol. The third kappa shape index (κ3) is 2.13. The number of aromatic nitrogens is 2. The van der Waals surface area contributed by atoms with Crippen molar-refractivity contribution < 1.29 is 13.7 Å². The van der Waals surface area contributed by atoms with Crippen molar-refractivity contribution in [3.05, 3.63) is 36.0 Å². The van der Waals surface area contributed by atoms with Crippen LogP contribution < -0.4 is 0 Å². The highest BCUT2D eigenvalue weighted by Gasteiger charge is 2.12. The highest BCUT2D eigenvalue weighted by Crippen LogP contribution is 2.19. The predicted octanol–water partition coefficient (Wildman–Crippen LogP) is 2.01. The Bertz CT molecular complexity index is 522. The monoisotopic (exact) mass is 220 g/mol. The van der Waals surface area contributed by atoms with Crippen LogP contribution in [0.3, 0.4) is 0 Å². The van der Waals surface area contributed by atoms with Crippen LogP contribution in [0.5, 0.6) is 0 Å². The highest BCUT2D eigenvalue weighted by molar-refractivity contribution is 5.77. The molecule has 1 heterocycles. The fourth-order valence-electron chi connectivity index (χ4n) is 1.29. The van der Waals surface area contributed by atoms with Crippen LogP contribution in [-0.2, 0) is 11.2 Å². The number of carbonyl (C=O) groups excluding carboxylic acids is 1. The van der Waals surface area contributed by atoms with Crippen LogP contribution in [0.2, 0.25) is 0 Å². The maximum absolute atomic E-state index is 13.4. The number of ketones is 1. The third-order valence-corrected chi connectivity index (χ3v) is 1.98. The number of carbonyl (C=O) groups is 1. The van der Waals surface area contributed by atoms with Crippen LogP contribution in [0.15, 0.2) is 28.8 Å². The van der Waals surface area contributed by atoms with Gasteiger partial charge in [0.25, 0.3) is 0 Å². The van der Waals surface area contributed by atoms with Gasteiger partial charge in [0.2, 0.25) is 11.7 Å². The number of hydrogen-bond donors (Lipinski definition) is 0. The molecule has 0 aliphatic rings. The SMILES string of the molecule is CC(=O)Cc1nc(-c2ccccc2F)no1. The average molecular weight is 220 g/mol. The zero-order valence-electron chi connectivity index (χ0n) is 8.61. The summed E-state index contributed by atoms with van der Waals surface area (Å²) in [6, 6.07) is 6.13. The molecule has 0 saturated carbocycles. The van der Waals surface area contributed by atoms with E-state index in [-0.39, 0.29) is 29.5 Å². The second-order valence-corrected chi connectivity index (χ2v) is 3.37. The molecular weight excluding hydrogens is 211 g/mol. The molecule has 0 N–H and O–H groups in total. The van der Waals surface area contributed by atoms with Gasteiger partial charge in [0.1, 0.15) is 11.6 Å². The second kappa shape index (κ2) is 4.22. The molecule has 1 aromatic heterocycles. The molecule has 0 unspecified atom stereocenters. The molecule has 82 valence electrons. The molecule has 4 nitrogen and oxygen atoms in total. The van der Waals surface area contributed by atoms with Crippen LogP contribution in [0.25, 0.3) is 11.4 Å². The van der Waals surface area contributed by atoms with Crippen molar-refractivity contribution in [3.8, 4) is 11.4 Å². The van der Waals surface area contributed by atoms with Crippen molar-refractivity contribution in [2.45, 2.75) is 13.3 Å². The maximum atomic E-state index is 13.4. The summed E-state index contributed by atoms with van der Waals surface area (Å²) in [5.74, 6) is -0.137. The molecule has 5 heteroatoms. The van der Waals surface area contributed by atoms with E-state index in [0.717, 1.165) is 0 Å². The molecule has 0 aliphatic heterocycles. The first kappa shape index (κ1) is 10.5. The van der Waals surface area contributed by atoms with Crippen LogP contribution in [0.4, 0.5) is 4.39 Å². The standard InChI is InChI=1S/C11H9FN2O2/c1-7(15)6-10-13-11(14-16-10)8-4-2-3-5-9(8)12/h2-5H,6H2,1H3. The summed E-state index contributed by atoms with van der Waals surface area (Å²) in [6.45, 7) is 1.42. The Hall–Kier alpha value is -2.04. The summed E-state index contributed by atoms with van der Waals surface area (Å²) in [5.41, 5.74) is 0.265. The van der Waals surface area contributed by atoms with E-state index in [1.54, 1.807) is 18.2 Å². The Morgan fingerprint density at radius 1 is 1.44 bits per heavy atom. The lowest BCUT2D eigenvalue weighted by Crippen LogP contribution is -1.96. The normalized spacial score (nSPS) is 10.4. The summed E-state index contributed by atoms with van der Waals surface area (Å²) < 4.78 is 18.2. The minimum absolute atomic E-state index is 0.0709. The summed E-state index contributed by atoms with van der Waals surface area (Å²) in [6.07, 6.45) is 0.0709. The van der Waals surface area contributed by atoms with Gasteiger partial charge in [0, 0.05) is 0 Å². The molecule has 0 aliphatic carbocycles. The summed E-state index contributed by atoms with van der Waals surface area (Å²) in [5, 5.41) is 3.62. The molecule has 2 rings (SSSR count). The molecule has 2 aromatic rings. The Morgan fingerprint density at radius 2 is 2.19 bits per heavy atom. The third-order valence-electron chi connectivity index (χ3n) is 1.98. The minimum atomic E-state index is -0.419. The van der Waals surface area contributed by atoms with Gasteiger partial charge < -0.3 is 4.52 Å². The van der Waals surface area contributed by atoms with Gasteiger partial charge in [0.05, 0.1) is 12.0 Å². The van der Waals surface area contributed by atoms with Gasteiger partial charge in [-0.2, -0.15) is 4.98 Å². The van der Waals surface area contributed by atoms with E-state index in [1.807, 2.05) is 0 Å². The smallest absolute Gasteiger partial charge is 0.234 e. The van der Waals surface area contributed by atoms with Crippen molar-refractivity contribution in [3.63, 3.8) is 0 Å². The first-order valence-corrected chi connectivity index (χ1v) is 4.74. The molecule has 0 bridgehead atoms. The van der Waals surface area contributed by atoms with E-state index in [0.29, 0.717) is 0 Å². The number of rotatable bonds is 3. The van der Waals surface area contributed by atoms with Gasteiger partial charge in [-0.3, -0.25) is 4.79 Å². The molecule has 0 spiro atoms. The van der Waals surface area contributed by atoms with Crippen LogP contribution in [-0.4, -0.2) is 15.9 Å². The Kier molecular flexibility index (Phi) is 2.76. The fourth-order valence-corrected chi connectivity index (χ4v) is 1.29. The van der Waals surface area contributed by atoms with Gasteiger partial charge in [-0.15, -0.1) is 0 Å². The number of nitrogens with zero attached hydrogens (tertiary/aromatic N) is 2. The first-order valence-electron chi connectivity index (χ1n) is 4.74. The largest absolute Gasteiger partial charge is 0.338 e. The molecule has 0 saturated heterocycles. The van der Waals surface area contributed by atoms with E-state index in [9.17, 15) is 9.18 Å². The lowest BCUT2D eigenvalue weighted by Gasteiger charge is -1.94. The fraction of sp³-hybridized carbons (Fsp3) is 0.182. The zero-order chi connectivity index (χ0) is 11.5. The second-order valence-electron chi connectivity index (χ2n) is 3.37. The van der Waals surface area contributed by atoms with Gasteiger partial charge in [-0.05, 0) is 19.1 Å². The molecule has 0 radical (unpaired) electrons. The van der Waals surface area contributed by atoms with Crippen molar-refractivity contribution in [1.29, 1.82) is 0 Å². The quantitative estimate of drug-likeness (QED) is 0.793. The Morgan fingerprint density at radius 3 is 2.88 bits per heavy atom. The number of Topliss-reactive ketones (excluding diaryl/α,β-unsaturated/α-hetero) is 1. The van der Waals surface area contributed by atoms with E-state index in [4.69, 9.17) is 4.52 Å². The van der Waals surface area contributed by atoms with Crippen molar-refractivity contribution in [1.82, 2.24) is 10.1 Å². The lowest BCUT2D eigenvalue weighted by molar-refractivity contribution is -0.116. The first-order chi connectivity index (χ1) is 7.66. The van der Waals surface area contributed by atoms with Gasteiger partial charge >= 0.3 is 0 Å². The van der Waals surface area contributed by atoms with E-state index in [2.05, 4.69) is 10.1 Å². The summed E-state index contributed by atoms with van der Waals surface area (Å²) in [7, 11) is 0. The van der Waals surface area contributed by atoms with Crippen molar-refractivity contribution in [2.75, 3.05) is 0 Å². The molecule has 16 heavy (non-hydrogen) atoms. The van der Waals surface area contributed by atoms with E-state index >= 15 is 0 Å². The molecule has 0 atom stereocenters.